The predicted octanol–water partition coefficient (Wildman–Crippen LogP) is 5.26. The molecule has 4 rings (SSSR count). The molecule has 0 aliphatic carbocycles. The van der Waals surface area contributed by atoms with Crippen LogP contribution in [0.5, 0.6) is 5.75 Å². The zero-order chi connectivity index (χ0) is 20.7. The van der Waals surface area contributed by atoms with Crippen LogP contribution in [0.15, 0.2) is 42.5 Å². The summed E-state index contributed by atoms with van der Waals surface area (Å²) in [5, 5.41) is 22.9. The van der Waals surface area contributed by atoms with Crippen LogP contribution >= 0.6 is 11.3 Å². The molecule has 0 saturated heterocycles. The fourth-order valence-corrected chi connectivity index (χ4v) is 4.29. The minimum Gasteiger partial charge on any atom is -0.507 e. The van der Waals surface area contributed by atoms with E-state index >= 15 is 0 Å². The molecule has 0 aliphatic rings. The van der Waals surface area contributed by atoms with E-state index in [1.54, 1.807) is 25.1 Å². The number of phenols is 1. The molecular weight excluding hydrogens is 393 g/mol. The number of aromatic hydroxyl groups is 1. The van der Waals surface area contributed by atoms with Gasteiger partial charge in [0.25, 0.3) is 0 Å². The monoisotopic (exact) mass is 409 g/mol. The normalized spacial score (nSPS) is 11.0. The zero-order valence-electron chi connectivity index (χ0n) is 15.5. The van der Waals surface area contributed by atoms with Crippen molar-refractivity contribution in [1.29, 1.82) is 0 Å². The van der Waals surface area contributed by atoms with Gasteiger partial charge in [-0.3, -0.25) is 0 Å². The van der Waals surface area contributed by atoms with Gasteiger partial charge in [0.05, 0.1) is 5.39 Å². The molecule has 8 heteroatoms. The number of hydrogen-bond acceptors (Lipinski definition) is 6. The van der Waals surface area contributed by atoms with Gasteiger partial charge in [0.2, 0.25) is 0 Å². The van der Waals surface area contributed by atoms with Crippen molar-refractivity contribution in [1.82, 2.24) is 9.97 Å². The molecule has 0 atom stereocenters. The van der Waals surface area contributed by atoms with E-state index in [0.29, 0.717) is 17.3 Å². The van der Waals surface area contributed by atoms with Gasteiger partial charge >= 0.3 is 5.97 Å². The second-order valence-corrected chi connectivity index (χ2v) is 7.70. The van der Waals surface area contributed by atoms with Gasteiger partial charge in [-0.1, -0.05) is 12.1 Å². The molecule has 3 N–H and O–H groups in total. The number of halogens is 1. The lowest BCUT2D eigenvalue weighted by Gasteiger charge is -2.11. The first kappa shape index (κ1) is 18.8. The number of fused-ring (bicyclic) bond motifs is 1. The number of benzene rings is 2. The van der Waals surface area contributed by atoms with Crippen LogP contribution in [0.25, 0.3) is 21.3 Å². The molecule has 6 nitrogen and oxygen atoms in total. The average molecular weight is 409 g/mol. The standard InChI is InChI=1S/C21H16FN3O3S/c1-10-17(12-3-5-13(22)6-4-12)18-19(23-11(2)24-20(18)29-10)25-14-7-8-16(26)15(9-14)21(27)28/h3-9,26H,1-2H3,(H,27,28)(H,23,24,25). The quantitative estimate of drug-likeness (QED) is 0.398. The molecule has 0 bridgehead atoms. The SMILES string of the molecule is Cc1nc(Nc2ccc(O)c(C(=O)O)c2)c2c(-c3ccc(F)cc3)c(C)sc2n1. The maximum absolute atomic E-state index is 13.4. The summed E-state index contributed by atoms with van der Waals surface area (Å²) in [5.41, 5.74) is 1.98. The van der Waals surface area contributed by atoms with Gasteiger partial charge in [0.15, 0.2) is 0 Å². The maximum atomic E-state index is 13.4. The molecule has 146 valence electrons. The first-order valence-electron chi connectivity index (χ1n) is 8.70. The van der Waals surface area contributed by atoms with Crippen LogP contribution in [0.4, 0.5) is 15.9 Å². The summed E-state index contributed by atoms with van der Waals surface area (Å²) in [4.78, 5) is 22.1. The highest BCUT2D eigenvalue weighted by Gasteiger charge is 2.19. The van der Waals surface area contributed by atoms with E-state index < -0.39 is 5.97 Å². The van der Waals surface area contributed by atoms with Gasteiger partial charge in [-0.2, -0.15) is 0 Å². The van der Waals surface area contributed by atoms with E-state index in [1.165, 1.54) is 35.6 Å². The van der Waals surface area contributed by atoms with E-state index in [0.717, 1.165) is 26.2 Å². The Balaban J connectivity index is 1.89. The largest absolute Gasteiger partial charge is 0.507 e. The van der Waals surface area contributed by atoms with Gasteiger partial charge in [-0.05, 0) is 49.7 Å². The number of anilines is 2. The highest BCUT2D eigenvalue weighted by Crippen LogP contribution is 2.41. The maximum Gasteiger partial charge on any atom is 0.339 e. The third kappa shape index (κ3) is 3.50. The Morgan fingerprint density at radius 3 is 2.52 bits per heavy atom. The summed E-state index contributed by atoms with van der Waals surface area (Å²) >= 11 is 1.51. The smallest absolute Gasteiger partial charge is 0.339 e. The second kappa shape index (κ2) is 7.14. The van der Waals surface area contributed by atoms with Crippen LogP contribution in [-0.4, -0.2) is 26.2 Å². The lowest BCUT2D eigenvalue weighted by molar-refractivity contribution is 0.0694. The number of thiophene rings is 1. The van der Waals surface area contributed by atoms with Gasteiger partial charge < -0.3 is 15.5 Å². The molecule has 0 aliphatic heterocycles. The molecular formula is C21H16FN3O3S. The van der Waals surface area contributed by atoms with Crippen molar-refractivity contribution in [3.05, 3.63) is 64.5 Å². The number of aromatic carboxylic acids is 1. The molecule has 2 aromatic heterocycles. The summed E-state index contributed by atoms with van der Waals surface area (Å²) in [6.07, 6.45) is 0. The number of carboxylic acid groups (broad SMARTS) is 1. The lowest BCUT2D eigenvalue weighted by Crippen LogP contribution is -2.01. The number of nitrogens with one attached hydrogen (secondary N) is 1. The van der Waals surface area contributed by atoms with Crippen molar-refractivity contribution >= 4 is 39.0 Å². The van der Waals surface area contributed by atoms with Gasteiger partial charge in [-0.25, -0.2) is 19.2 Å². The van der Waals surface area contributed by atoms with E-state index in [2.05, 4.69) is 15.3 Å². The van der Waals surface area contributed by atoms with Crippen LogP contribution in [0.3, 0.4) is 0 Å². The van der Waals surface area contributed by atoms with E-state index in [4.69, 9.17) is 0 Å². The number of carbonyl (C=O) groups is 1. The number of rotatable bonds is 4. The minimum absolute atomic E-state index is 0.211. The Bertz CT molecular complexity index is 1250. The topological polar surface area (TPSA) is 95.3 Å². The third-order valence-corrected chi connectivity index (χ3v) is 5.46. The summed E-state index contributed by atoms with van der Waals surface area (Å²) in [5.74, 6) is -0.789. The molecule has 0 spiro atoms. The first-order valence-corrected chi connectivity index (χ1v) is 9.52. The highest BCUT2D eigenvalue weighted by molar-refractivity contribution is 7.19. The van der Waals surface area contributed by atoms with Crippen LogP contribution in [-0.2, 0) is 0 Å². The molecule has 0 saturated carbocycles. The molecule has 4 aromatic rings. The van der Waals surface area contributed by atoms with Crippen molar-refractivity contribution in [2.24, 2.45) is 0 Å². The summed E-state index contributed by atoms with van der Waals surface area (Å²) < 4.78 is 13.4. The molecule has 0 unspecified atom stereocenters. The van der Waals surface area contributed by atoms with Crippen molar-refractivity contribution in [3.63, 3.8) is 0 Å². The van der Waals surface area contributed by atoms with Crippen molar-refractivity contribution in [3.8, 4) is 16.9 Å². The Morgan fingerprint density at radius 2 is 1.83 bits per heavy atom. The molecule has 29 heavy (non-hydrogen) atoms. The fourth-order valence-electron chi connectivity index (χ4n) is 3.19. The van der Waals surface area contributed by atoms with E-state index in [-0.39, 0.29) is 17.1 Å². The predicted molar refractivity (Wildman–Crippen MR) is 111 cm³/mol. The molecule has 0 radical (unpaired) electrons. The summed E-state index contributed by atoms with van der Waals surface area (Å²) in [6.45, 7) is 3.74. The number of nitrogens with zero attached hydrogens (tertiary/aromatic N) is 2. The summed E-state index contributed by atoms with van der Waals surface area (Å²) in [7, 11) is 0. The Kier molecular flexibility index (Phi) is 4.63. The fraction of sp³-hybridized carbons (Fsp3) is 0.0952. The van der Waals surface area contributed by atoms with Gasteiger partial charge in [0.1, 0.15) is 33.6 Å². The second-order valence-electron chi connectivity index (χ2n) is 6.50. The Hall–Kier alpha value is -3.52. The number of hydrogen-bond donors (Lipinski definition) is 3. The van der Waals surface area contributed by atoms with Crippen LogP contribution in [0.1, 0.15) is 21.1 Å². The first-order chi connectivity index (χ1) is 13.8. The minimum atomic E-state index is -1.23. The molecule has 0 fully saturated rings. The van der Waals surface area contributed by atoms with Crippen LogP contribution in [0, 0.1) is 19.7 Å². The lowest BCUT2D eigenvalue weighted by atomic mass is 10.0. The van der Waals surface area contributed by atoms with Crippen LogP contribution < -0.4 is 5.32 Å². The third-order valence-electron chi connectivity index (χ3n) is 4.46. The molecule has 2 aromatic carbocycles. The van der Waals surface area contributed by atoms with Gasteiger partial charge in [-0.15, -0.1) is 11.3 Å². The highest BCUT2D eigenvalue weighted by atomic mass is 32.1. The van der Waals surface area contributed by atoms with Gasteiger partial charge in [0, 0.05) is 16.1 Å². The molecule has 0 amide bonds. The van der Waals surface area contributed by atoms with E-state index in [1.807, 2.05) is 6.92 Å². The Morgan fingerprint density at radius 1 is 1.10 bits per heavy atom. The molecule has 2 heterocycles. The van der Waals surface area contributed by atoms with E-state index in [9.17, 15) is 19.4 Å². The summed E-state index contributed by atoms with van der Waals surface area (Å²) in [6, 6.07) is 10.4. The average Bonchev–Trinajstić information content (AvgIpc) is 2.99. The van der Waals surface area contributed by atoms with Crippen molar-refractivity contribution < 1.29 is 19.4 Å². The number of aryl methyl sites for hydroxylation is 2. The number of carboxylic acids is 1. The Labute approximate surface area is 169 Å². The van der Waals surface area contributed by atoms with Crippen LogP contribution in [0.2, 0.25) is 0 Å². The van der Waals surface area contributed by atoms with Crippen molar-refractivity contribution in [2.75, 3.05) is 5.32 Å². The van der Waals surface area contributed by atoms with Crippen molar-refractivity contribution in [2.45, 2.75) is 13.8 Å². The zero-order valence-corrected chi connectivity index (χ0v) is 16.3. The number of aromatic nitrogens is 2.